The monoisotopic (exact) mass is 496 g/mol. The van der Waals surface area contributed by atoms with E-state index in [9.17, 15) is 9.59 Å². The number of carbonyl (C=O) groups excluding carboxylic acids is 2. The van der Waals surface area contributed by atoms with Crippen LogP contribution in [0.25, 0.3) is 22.3 Å². The predicted molar refractivity (Wildman–Crippen MR) is 137 cm³/mol. The van der Waals surface area contributed by atoms with Crippen LogP contribution >= 0.6 is 0 Å². The van der Waals surface area contributed by atoms with Gasteiger partial charge in [-0.1, -0.05) is 24.1 Å². The van der Waals surface area contributed by atoms with E-state index in [4.69, 9.17) is 15.6 Å². The number of hydrogen-bond acceptors (Lipinski definition) is 8. The van der Waals surface area contributed by atoms with Crippen molar-refractivity contribution in [2.45, 2.75) is 12.5 Å². The van der Waals surface area contributed by atoms with E-state index >= 15 is 0 Å². The van der Waals surface area contributed by atoms with Crippen LogP contribution in [0, 0.1) is 11.8 Å². The average Bonchev–Trinajstić information content (AvgIpc) is 3.56. The van der Waals surface area contributed by atoms with Crippen molar-refractivity contribution < 1.29 is 14.3 Å². The summed E-state index contributed by atoms with van der Waals surface area (Å²) in [6.45, 7) is 1.21. The highest BCUT2D eigenvalue weighted by atomic mass is 16.5. The number of nitrogens with one attached hydrogen (secondary N) is 1. The maximum atomic E-state index is 12.6. The van der Waals surface area contributed by atoms with Crippen molar-refractivity contribution >= 4 is 34.5 Å². The van der Waals surface area contributed by atoms with Crippen molar-refractivity contribution in [1.82, 2.24) is 29.6 Å². The van der Waals surface area contributed by atoms with Gasteiger partial charge in [0, 0.05) is 37.5 Å². The van der Waals surface area contributed by atoms with Crippen molar-refractivity contribution in [2.75, 3.05) is 37.9 Å². The van der Waals surface area contributed by atoms with E-state index in [0.29, 0.717) is 53.4 Å². The molecule has 0 bridgehead atoms. The number of nitrogens with two attached hydrogens (primary N) is 1. The highest BCUT2D eigenvalue weighted by Gasteiger charge is 2.30. The fourth-order valence-corrected chi connectivity index (χ4v) is 4.25. The second-order valence-corrected chi connectivity index (χ2v) is 8.43. The molecule has 4 heterocycles. The summed E-state index contributed by atoms with van der Waals surface area (Å²) in [6.07, 6.45) is 3.71. The molecular weight excluding hydrogens is 472 g/mol. The van der Waals surface area contributed by atoms with Gasteiger partial charge in [0.1, 0.15) is 30.3 Å². The van der Waals surface area contributed by atoms with Gasteiger partial charge in [-0.15, -0.1) is 0 Å². The predicted octanol–water partition coefficient (Wildman–Crippen LogP) is 2.15. The molecule has 2 amide bonds. The first-order valence-corrected chi connectivity index (χ1v) is 11.6. The largest absolute Gasteiger partial charge is 0.383 e. The lowest BCUT2D eigenvalue weighted by Gasteiger charge is -2.14. The number of fused-ring (bicyclic) bond motifs is 1. The minimum absolute atomic E-state index is 0.0952. The SMILES string of the molecule is COCC#CC(=O)N1CC[C@@H](n2nc(-c3ccc(C(=O)Nc4ccccn4)cc3)c3c(N)ncnc32)C1. The number of likely N-dealkylation sites (tertiary alicyclic amines) is 1. The highest BCUT2D eigenvalue weighted by Crippen LogP contribution is 2.34. The van der Waals surface area contributed by atoms with Crippen molar-refractivity contribution in [1.29, 1.82) is 0 Å². The fraction of sp³-hybridized carbons (Fsp3) is 0.231. The molecule has 5 rings (SSSR count). The molecule has 37 heavy (non-hydrogen) atoms. The number of carbonyl (C=O) groups is 2. The smallest absolute Gasteiger partial charge is 0.298 e. The standard InChI is InChI=1S/C26H24N8O3/c1-37-14-4-6-21(35)33-13-11-19(15-33)34-25-22(24(27)29-16-30-25)23(32-34)17-7-9-18(10-8-17)26(36)31-20-5-2-3-12-28-20/h2-3,5,7-10,12,16,19H,11,13-15H2,1H3,(H2,27,29,30)(H,28,31,36)/t19-/m1/s1. The molecule has 0 spiro atoms. The third kappa shape index (κ3) is 4.96. The third-order valence-electron chi connectivity index (χ3n) is 6.05. The first kappa shape index (κ1) is 23.9. The Morgan fingerprint density at radius 3 is 2.76 bits per heavy atom. The molecule has 1 fully saturated rings. The number of nitrogen functional groups attached to an aromatic ring is 1. The van der Waals surface area contributed by atoms with Gasteiger partial charge in [0.25, 0.3) is 11.8 Å². The Balaban J connectivity index is 1.41. The van der Waals surface area contributed by atoms with Crippen LogP contribution < -0.4 is 11.1 Å². The van der Waals surface area contributed by atoms with Crippen molar-refractivity contribution in [3.05, 3.63) is 60.6 Å². The molecule has 0 aliphatic carbocycles. The third-order valence-corrected chi connectivity index (χ3v) is 6.05. The zero-order valence-electron chi connectivity index (χ0n) is 20.1. The number of aromatic nitrogens is 5. The zero-order chi connectivity index (χ0) is 25.8. The summed E-state index contributed by atoms with van der Waals surface area (Å²) in [6, 6.07) is 12.2. The van der Waals surface area contributed by atoms with E-state index in [1.54, 1.807) is 46.1 Å². The Morgan fingerprint density at radius 1 is 1.16 bits per heavy atom. The molecule has 1 aliphatic heterocycles. The van der Waals surface area contributed by atoms with Crippen molar-refractivity contribution in [2.24, 2.45) is 0 Å². The summed E-state index contributed by atoms with van der Waals surface area (Å²) >= 11 is 0. The molecule has 0 radical (unpaired) electrons. The Labute approximate surface area is 212 Å². The number of anilines is 2. The quantitative estimate of drug-likeness (QED) is 0.401. The van der Waals surface area contributed by atoms with Crippen LogP contribution in [0.3, 0.4) is 0 Å². The van der Waals surface area contributed by atoms with E-state index in [1.807, 2.05) is 12.1 Å². The Kier molecular flexibility index (Phi) is 6.74. The van der Waals surface area contributed by atoms with Gasteiger partial charge in [-0.25, -0.2) is 19.6 Å². The number of nitrogens with zero attached hydrogens (tertiary/aromatic N) is 6. The van der Waals surface area contributed by atoms with Crippen LogP contribution in [-0.4, -0.2) is 68.3 Å². The van der Waals surface area contributed by atoms with Gasteiger partial charge in [-0.3, -0.25) is 9.59 Å². The van der Waals surface area contributed by atoms with Crippen LogP contribution in [0.2, 0.25) is 0 Å². The number of ether oxygens (including phenoxy) is 1. The van der Waals surface area contributed by atoms with E-state index in [-0.39, 0.29) is 24.5 Å². The first-order valence-electron chi connectivity index (χ1n) is 11.6. The van der Waals surface area contributed by atoms with E-state index in [2.05, 4.69) is 32.1 Å². The number of amides is 2. The second kappa shape index (κ2) is 10.4. The lowest BCUT2D eigenvalue weighted by atomic mass is 10.1. The minimum atomic E-state index is -0.271. The van der Waals surface area contributed by atoms with Gasteiger partial charge in [0.15, 0.2) is 5.65 Å². The Bertz CT molecular complexity index is 1510. The highest BCUT2D eigenvalue weighted by molar-refractivity contribution is 6.04. The zero-order valence-corrected chi connectivity index (χ0v) is 20.1. The lowest BCUT2D eigenvalue weighted by molar-refractivity contribution is -0.124. The Hall–Kier alpha value is -4.82. The summed E-state index contributed by atoms with van der Waals surface area (Å²) in [7, 11) is 1.53. The van der Waals surface area contributed by atoms with E-state index < -0.39 is 0 Å². The molecule has 0 saturated carbocycles. The van der Waals surface area contributed by atoms with E-state index in [1.165, 1.54) is 13.4 Å². The summed E-state index contributed by atoms with van der Waals surface area (Å²) < 4.78 is 6.69. The molecule has 3 aromatic heterocycles. The van der Waals surface area contributed by atoms with Crippen LogP contribution in [-0.2, 0) is 9.53 Å². The van der Waals surface area contributed by atoms with Crippen LogP contribution in [0.1, 0.15) is 22.8 Å². The number of pyridine rings is 1. The van der Waals surface area contributed by atoms with Crippen LogP contribution in [0.15, 0.2) is 55.0 Å². The van der Waals surface area contributed by atoms with Gasteiger partial charge in [-0.2, -0.15) is 5.10 Å². The molecule has 186 valence electrons. The summed E-state index contributed by atoms with van der Waals surface area (Å²) in [5.74, 6) is 5.57. The molecule has 1 aliphatic rings. The molecule has 1 atom stereocenters. The molecule has 0 unspecified atom stereocenters. The van der Waals surface area contributed by atoms with Gasteiger partial charge >= 0.3 is 0 Å². The molecular formula is C26H24N8O3. The van der Waals surface area contributed by atoms with Gasteiger partial charge in [0.2, 0.25) is 0 Å². The first-order chi connectivity index (χ1) is 18.0. The number of hydrogen-bond donors (Lipinski definition) is 2. The fourth-order valence-electron chi connectivity index (χ4n) is 4.25. The van der Waals surface area contributed by atoms with Gasteiger partial charge in [-0.05, 0) is 36.6 Å². The summed E-state index contributed by atoms with van der Waals surface area (Å²) in [5, 5.41) is 8.23. The van der Waals surface area contributed by atoms with Crippen LogP contribution in [0.5, 0.6) is 0 Å². The summed E-state index contributed by atoms with van der Waals surface area (Å²) in [5.41, 5.74) is 8.67. The van der Waals surface area contributed by atoms with E-state index in [0.717, 1.165) is 5.56 Å². The normalized spacial score (nSPS) is 14.8. The second-order valence-electron chi connectivity index (χ2n) is 8.43. The minimum Gasteiger partial charge on any atom is -0.383 e. The number of methoxy groups -OCH3 is 1. The average molecular weight is 497 g/mol. The molecule has 1 saturated heterocycles. The lowest BCUT2D eigenvalue weighted by Crippen LogP contribution is -2.28. The number of benzene rings is 1. The number of rotatable bonds is 5. The molecule has 11 heteroatoms. The van der Waals surface area contributed by atoms with Crippen molar-refractivity contribution in [3.8, 4) is 23.1 Å². The van der Waals surface area contributed by atoms with Crippen molar-refractivity contribution in [3.63, 3.8) is 0 Å². The van der Waals surface area contributed by atoms with Crippen LogP contribution in [0.4, 0.5) is 11.6 Å². The topological polar surface area (TPSA) is 141 Å². The molecule has 4 aromatic rings. The molecule has 1 aromatic carbocycles. The van der Waals surface area contributed by atoms with Gasteiger partial charge < -0.3 is 20.7 Å². The summed E-state index contributed by atoms with van der Waals surface area (Å²) in [4.78, 5) is 39.5. The maximum absolute atomic E-state index is 12.6. The maximum Gasteiger partial charge on any atom is 0.298 e. The van der Waals surface area contributed by atoms with Gasteiger partial charge in [0.05, 0.1) is 11.4 Å². The molecule has 11 nitrogen and oxygen atoms in total. The molecule has 3 N–H and O–H groups in total. The Morgan fingerprint density at radius 2 is 2.00 bits per heavy atom.